The first-order valence-electron chi connectivity index (χ1n) is 5.35. The van der Waals surface area contributed by atoms with E-state index in [4.69, 9.17) is 0 Å². The first-order chi connectivity index (χ1) is 8.69. The van der Waals surface area contributed by atoms with Gasteiger partial charge in [0.1, 0.15) is 0 Å². The Morgan fingerprint density at radius 1 is 0.889 bits per heavy atom. The summed E-state index contributed by atoms with van der Waals surface area (Å²) in [7, 11) is 0. The Morgan fingerprint density at radius 2 is 1.22 bits per heavy atom. The molecule has 0 aliphatic rings. The van der Waals surface area contributed by atoms with Crippen molar-refractivity contribution in [1.29, 1.82) is 0 Å². The second kappa shape index (κ2) is 6.95. The van der Waals surface area contributed by atoms with Gasteiger partial charge in [-0.05, 0) is 38.1 Å². The molecule has 0 spiro atoms. The largest absolute Gasteiger partial charge is 0.271 e. The fourth-order valence-corrected chi connectivity index (χ4v) is 1.15. The van der Waals surface area contributed by atoms with Crippen LogP contribution in [0.5, 0.6) is 0 Å². The van der Waals surface area contributed by atoms with Crippen LogP contribution in [0, 0.1) is 0 Å². The zero-order valence-corrected chi connectivity index (χ0v) is 10.2. The lowest BCUT2D eigenvalue weighted by molar-refractivity contribution is 0.0943. The smallest absolute Gasteiger partial charge is 0.267 e. The highest BCUT2D eigenvalue weighted by Gasteiger charge is 2.07. The molecule has 18 heavy (non-hydrogen) atoms. The number of nitrogens with zero attached hydrogens (tertiary/aromatic N) is 2. The van der Waals surface area contributed by atoms with Gasteiger partial charge in [-0.1, -0.05) is 0 Å². The van der Waals surface area contributed by atoms with E-state index in [0.717, 1.165) is 0 Å². The van der Waals surface area contributed by atoms with Crippen LogP contribution in [0.4, 0.5) is 0 Å². The summed E-state index contributed by atoms with van der Waals surface area (Å²) in [6, 6.07) is 6.19. The molecule has 1 aromatic rings. The van der Waals surface area contributed by atoms with Crippen LogP contribution in [-0.4, -0.2) is 24.2 Å². The van der Waals surface area contributed by atoms with Crippen molar-refractivity contribution in [3.63, 3.8) is 0 Å². The van der Waals surface area contributed by atoms with Gasteiger partial charge in [-0.2, -0.15) is 10.2 Å². The predicted molar refractivity (Wildman–Crippen MR) is 69.7 cm³/mol. The van der Waals surface area contributed by atoms with Crippen molar-refractivity contribution in [3.05, 3.63) is 35.4 Å². The Bertz CT molecular complexity index is 432. The Balaban J connectivity index is 2.73. The monoisotopic (exact) mass is 246 g/mol. The lowest BCUT2D eigenvalue weighted by Crippen LogP contribution is -2.19. The second-order valence-electron chi connectivity index (χ2n) is 3.23. The molecule has 1 aromatic carbocycles. The summed E-state index contributed by atoms with van der Waals surface area (Å²) in [5, 5.41) is 7.25. The van der Waals surface area contributed by atoms with Crippen molar-refractivity contribution >= 4 is 24.2 Å². The van der Waals surface area contributed by atoms with Crippen molar-refractivity contribution in [1.82, 2.24) is 10.9 Å². The van der Waals surface area contributed by atoms with Crippen LogP contribution >= 0.6 is 0 Å². The van der Waals surface area contributed by atoms with Crippen molar-refractivity contribution in [2.75, 3.05) is 0 Å². The minimum Gasteiger partial charge on any atom is -0.267 e. The molecule has 0 bridgehead atoms. The van der Waals surface area contributed by atoms with Crippen LogP contribution in [0.2, 0.25) is 0 Å². The third kappa shape index (κ3) is 3.82. The fraction of sp³-hybridized carbons (Fsp3) is 0.167. The molecule has 94 valence electrons. The first kappa shape index (κ1) is 13.6. The van der Waals surface area contributed by atoms with E-state index in [-0.39, 0.29) is 11.8 Å². The van der Waals surface area contributed by atoms with E-state index in [1.165, 1.54) is 12.4 Å². The van der Waals surface area contributed by atoms with Crippen LogP contribution in [-0.2, 0) is 0 Å². The standard InChI is InChI=1S/C12H14N4O2/c1-3-13-15-11(17)9-5-7-10(8-6-9)12(18)16-14-4-2/h3-8H,1-2H3,(H,15,17)(H,16,18)/b13-3-,14-4-. The van der Waals surface area contributed by atoms with Crippen molar-refractivity contribution < 1.29 is 9.59 Å². The van der Waals surface area contributed by atoms with Gasteiger partial charge in [-0.15, -0.1) is 0 Å². The fourth-order valence-electron chi connectivity index (χ4n) is 1.15. The average Bonchev–Trinajstić information content (AvgIpc) is 2.42. The van der Waals surface area contributed by atoms with Gasteiger partial charge in [0.15, 0.2) is 0 Å². The number of hydrazone groups is 2. The van der Waals surface area contributed by atoms with Gasteiger partial charge in [-0.25, -0.2) is 10.9 Å². The van der Waals surface area contributed by atoms with Gasteiger partial charge >= 0.3 is 0 Å². The summed E-state index contributed by atoms with van der Waals surface area (Å²) in [6.45, 7) is 3.39. The molecule has 2 amide bonds. The molecule has 0 unspecified atom stereocenters. The minimum atomic E-state index is -0.327. The number of hydrogen-bond donors (Lipinski definition) is 2. The molecule has 0 saturated carbocycles. The number of amides is 2. The van der Waals surface area contributed by atoms with Crippen molar-refractivity contribution in [2.24, 2.45) is 10.2 Å². The molecule has 2 N–H and O–H groups in total. The summed E-state index contributed by atoms with van der Waals surface area (Å²) in [4.78, 5) is 23.0. The Kier molecular flexibility index (Phi) is 5.24. The average molecular weight is 246 g/mol. The number of hydrogen-bond acceptors (Lipinski definition) is 4. The van der Waals surface area contributed by atoms with Crippen LogP contribution in [0.3, 0.4) is 0 Å². The summed E-state index contributed by atoms with van der Waals surface area (Å²) >= 11 is 0. The maximum atomic E-state index is 11.5. The highest BCUT2D eigenvalue weighted by atomic mass is 16.2. The summed E-state index contributed by atoms with van der Waals surface area (Å²) in [5.74, 6) is -0.654. The van der Waals surface area contributed by atoms with E-state index in [9.17, 15) is 9.59 Å². The number of carbonyl (C=O) groups is 2. The van der Waals surface area contributed by atoms with Crippen LogP contribution in [0.25, 0.3) is 0 Å². The van der Waals surface area contributed by atoms with Gasteiger partial charge < -0.3 is 0 Å². The molecular formula is C12H14N4O2. The Hall–Kier alpha value is -2.50. The van der Waals surface area contributed by atoms with E-state index in [0.29, 0.717) is 11.1 Å². The molecular weight excluding hydrogens is 232 g/mol. The number of nitrogens with one attached hydrogen (secondary N) is 2. The molecule has 1 rings (SSSR count). The molecule has 0 radical (unpaired) electrons. The molecule has 0 heterocycles. The Morgan fingerprint density at radius 3 is 1.50 bits per heavy atom. The predicted octanol–water partition coefficient (Wildman–Crippen LogP) is 1.16. The van der Waals surface area contributed by atoms with E-state index < -0.39 is 0 Å². The summed E-state index contributed by atoms with van der Waals surface area (Å²) < 4.78 is 0. The molecule has 6 heteroatoms. The highest BCUT2D eigenvalue weighted by molar-refractivity contribution is 5.97. The van der Waals surface area contributed by atoms with Gasteiger partial charge in [0, 0.05) is 23.6 Å². The maximum Gasteiger partial charge on any atom is 0.271 e. The first-order valence-corrected chi connectivity index (χ1v) is 5.35. The molecule has 0 aliphatic carbocycles. The molecule has 6 nitrogen and oxygen atoms in total. The number of rotatable bonds is 4. The Labute approximate surface area is 105 Å². The third-order valence-corrected chi connectivity index (χ3v) is 2.00. The van der Waals surface area contributed by atoms with Gasteiger partial charge in [-0.3, -0.25) is 9.59 Å². The normalized spacial score (nSPS) is 10.8. The SMILES string of the molecule is C/C=N\NC(=O)c1ccc(C(=O)N/N=C\C)cc1. The molecule has 0 aromatic heterocycles. The lowest BCUT2D eigenvalue weighted by atomic mass is 10.1. The van der Waals surface area contributed by atoms with Crippen molar-refractivity contribution in [3.8, 4) is 0 Å². The van der Waals surface area contributed by atoms with Crippen LogP contribution in [0.1, 0.15) is 34.6 Å². The van der Waals surface area contributed by atoms with Gasteiger partial charge in [0.2, 0.25) is 0 Å². The van der Waals surface area contributed by atoms with Gasteiger partial charge in [0.05, 0.1) is 0 Å². The minimum absolute atomic E-state index is 0.327. The molecule has 0 atom stereocenters. The van der Waals surface area contributed by atoms with E-state index in [2.05, 4.69) is 21.1 Å². The highest BCUT2D eigenvalue weighted by Crippen LogP contribution is 2.04. The number of carbonyl (C=O) groups excluding carboxylic acids is 2. The summed E-state index contributed by atoms with van der Waals surface area (Å²) in [6.07, 6.45) is 2.95. The summed E-state index contributed by atoms with van der Waals surface area (Å²) in [5.41, 5.74) is 5.53. The maximum absolute atomic E-state index is 11.5. The quantitative estimate of drug-likeness (QED) is 0.617. The van der Waals surface area contributed by atoms with Gasteiger partial charge in [0.25, 0.3) is 11.8 Å². The molecule has 0 saturated heterocycles. The van der Waals surface area contributed by atoms with Crippen molar-refractivity contribution in [2.45, 2.75) is 13.8 Å². The van der Waals surface area contributed by atoms with E-state index >= 15 is 0 Å². The third-order valence-electron chi connectivity index (χ3n) is 2.00. The van der Waals surface area contributed by atoms with E-state index in [1.807, 2.05) is 0 Å². The number of benzene rings is 1. The van der Waals surface area contributed by atoms with Crippen LogP contribution < -0.4 is 10.9 Å². The van der Waals surface area contributed by atoms with Crippen LogP contribution in [0.15, 0.2) is 34.5 Å². The molecule has 0 aliphatic heterocycles. The second-order valence-corrected chi connectivity index (χ2v) is 3.23. The zero-order valence-electron chi connectivity index (χ0n) is 10.2. The topological polar surface area (TPSA) is 82.9 Å². The molecule has 0 fully saturated rings. The zero-order chi connectivity index (χ0) is 13.4. The lowest BCUT2D eigenvalue weighted by Gasteiger charge is -2.02. The van der Waals surface area contributed by atoms with E-state index in [1.54, 1.807) is 38.1 Å².